The molecule has 0 fully saturated rings. The molecule has 0 aliphatic carbocycles. The standard InChI is InChI=1S/C40H27NS/c1-3-11-28(12-4-1)30-21-23-33(24-22-30)41(34-17-9-15-31(25-34)29-13-5-2-6-14-29)38-19-10-16-32-26-40-37(27-36(32)38)35-18-7-8-20-39(35)42-40/h1-27H. The van der Waals surface area contributed by atoms with Gasteiger partial charge in [0.15, 0.2) is 0 Å². The summed E-state index contributed by atoms with van der Waals surface area (Å²) in [5.41, 5.74) is 8.27. The predicted molar refractivity (Wildman–Crippen MR) is 182 cm³/mol. The van der Waals surface area contributed by atoms with Gasteiger partial charge in [-0.2, -0.15) is 0 Å². The second kappa shape index (κ2) is 10.3. The van der Waals surface area contributed by atoms with Crippen molar-refractivity contribution in [2.45, 2.75) is 0 Å². The maximum atomic E-state index is 2.41. The van der Waals surface area contributed by atoms with Crippen LogP contribution in [0.15, 0.2) is 164 Å². The summed E-state index contributed by atoms with van der Waals surface area (Å²) in [6.45, 7) is 0. The van der Waals surface area contributed by atoms with Crippen molar-refractivity contribution in [3.63, 3.8) is 0 Å². The summed E-state index contributed by atoms with van der Waals surface area (Å²) in [6, 6.07) is 59.2. The van der Waals surface area contributed by atoms with E-state index >= 15 is 0 Å². The molecular formula is C40H27NS. The van der Waals surface area contributed by atoms with Crippen LogP contribution >= 0.6 is 11.3 Å². The summed E-state index contributed by atoms with van der Waals surface area (Å²) < 4.78 is 2.65. The van der Waals surface area contributed by atoms with Crippen molar-refractivity contribution in [3.05, 3.63) is 164 Å². The Kier molecular flexibility index (Phi) is 6.05. The third kappa shape index (κ3) is 4.34. The number of thiophene rings is 1. The van der Waals surface area contributed by atoms with Gasteiger partial charge in [-0.1, -0.05) is 115 Å². The van der Waals surface area contributed by atoms with Crippen molar-refractivity contribution in [3.8, 4) is 22.3 Å². The first-order valence-corrected chi connectivity index (χ1v) is 15.1. The van der Waals surface area contributed by atoms with E-state index < -0.39 is 0 Å². The van der Waals surface area contributed by atoms with Crippen LogP contribution < -0.4 is 4.90 Å². The van der Waals surface area contributed by atoms with E-state index in [2.05, 4.69) is 169 Å². The van der Waals surface area contributed by atoms with Crippen molar-refractivity contribution in [1.82, 2.24) is 0 Å². The van der Waals surface area contributed by atoms with Crippen LogP contribution in [-0.4, -0.2) is 0 Å². The van der Waals surface area contributed by atoms with E-state index in [4.69, 9.17) is 0 Å². The minimum absolute atomic E-state index is 1.13. The third-order valence-corrected chi connectivity index (χ3v) is 9.17. The van der Waals surface area contributed by atoms with Crippen LogP contribution in [0.5, 0.6) is 0 Å². The van der Waals surface area contributed by atoms with Crippen LogP contribution in [-0.2, 0) is 0 Å². The zero-order valence-electron chi connectivity index (χ0n) is 22.9. The molecule has 0 bridgehead atoms. The smallest absolute Gasteiger partial charge is 0.0540 e. The second-order valence-electron chi connectivity index (χ2n) is 10.6. The Bertz CT molecular complexity index is 2180. The van der Waals surface area contributed by atoms with Crippen molar-refractivity contribution in [1.29, 1.82) is 0 Å². The summed E-state index contributed by atoms with van der Waals surface area (Å²) >= 11 is 1.87. The van der Waals surface area contributed by atoms with Gasteiger partial charge in [-0.3, -0.25) is 0 Å². The van der Waals surface area contributed by atoms with Gasteiger partial charge in [0, 0.05) is 36.9 Å². The minimum Gasteiger partial charge on any atom is -0.310 e. The molecule has 2 heteroatoms. The molecule has 8 rings (SSSR count). The fourth-order valence-electron chi connectivity index (χ4n) is 5.99. The van der Waals surface area contributed by atoms with Gasteiger partial charge in [0.1, 0.15) is 0 Å². The summed E-state index contributed by atoms with van der Waals surface area (Å²) in [7, 11) is 0. The van der Waals surface area contributed by atoms with Crippen LogP contribution in [0.2, 0.25) is 0 Å². The Morgan fingerprint density at radius 2 is 1.00 bits per heavy atom. The van der Waals surface area contributed by atoms with E-state index in [1.807, 2.05) is 11.3 Å². The van der Waals surface area contributed by atoms with Crippen LogP contribution in [0.25, 0.3) is 53.2 Å². The molecule has 1 nitrogen and oxygen atoms in total. The van der Waals surface area contributed by atoms with Crippen LogP contribution in [0, 0.1) is 0 Å². The lowest BCUT2D eigenvalue weighted by Crippen LogP contribution is -2.10. The number of hydrogen-bond donors (Lipinski definition) is 0. The first-order chi connectivity index (χ1) is 20.8. The summed E-state index contributed by atoms with van der Waals surface area (Å²) in [6.07, 6.45) is 0. The van der Waals surface area contributed by atoms with E-state index in [0.29, 0.717) is 0 Å². The van der Waals surface area contributed by atoms with Gasteiger partial charge in [-0.05, 0) is 76.2 Å². The normalized spacial score (nSPS) is 11.3. The third-order valence-electron chi connectivity index (χ3n) is 8.04. The maximum Gasteiger partial charge on any atom is 0.0540 e. The fourth-order valence-corrected chi connectivity index (χ4v) is 7.13. The Labute approximate surface area is 249 Å². The zero-order chi connectivity index (χ0) is 27.9. The predicted octanol–water partition coefficient (Wildman–Crippen LogP) is 12.0. The lowest BCUT2D eigenvalue weighted by Gasteiger charge is -2.27. The average Bonchev–Trinajstić information content (AvgIpc) is 3.43. The molecule has 0 aliphatic heterocycles. The average molecular weight is 554 g/mol. The number of benzene rings is 7. The van der Waals surface area contributed by atoms with Gasteiger partial charge in [0.05, 0.1) is 5.69 Å². The summed E-state index contributed by atoms with van der Waals surface area (Å²) in [4.78, 5) is 2.41. The van der Waals surface area contributed by atoms with Gasteiger partial charge in [0.2, 0.25) is 0 Å². The number of nitrogens with zero attached hydrogens (tertiary/aromatic N) is 1. The Balaban J connectivity index is 1.35. The molecule has 0 saturated carbocycles. The summed E-state index contributed by atoms with van der Waals surface area (Å²) in [5.74, 6) is 0. The van der Waals surface area contributed by atoms with Gasteiger partial charge < -0.3 is 4.90 Å². The molecule has 42 heavy (non-hydrogen) atoms. The molecule has 8 aromatic rings. The molecule has 1 heterocycles. The molecular weight excluding hydrogens is 527 g/mol. The fraction of sp³-hybridized carbons (Fsp3) is 0. The Morgan fingerprint density at radius 3 is 1.79 bits per heavy atom. The molecule has 7 aromatic carbocycles. The quantitative estimate of drug-likeness (QED) is 0.205. The Hall–Kier alpha value is -5.18. The molecule has 0 N–H and O–H groups in total. The lowest BCUT2D eigenvalue weighted by molar-refractivity contribution is 1.30. The van der Waals surface area contributed by atoms with Crippen LogP contribution in [0.3, 0.4) is 0 Å². The van der Waals surface area contributed by atoms with Crippen molar-refractivity contribution < 1.29 is 0 Å². The van der Waals surface area contributed by atoms with E-state index in [1.165, 1.54) is 58.9 Å². The van der Waals surface area contributed by atoms with E-state index in [0.717, 1.165) is 11.4 Å². The van der Waals surface area contributed by atoms with Gasteiger partial charge in [0.25, 0.3) is 0 Å². The molecule has 0 atom stereocenters. The maximum absolute atomic E-state index is 2.41. The minimum atomic E-state index is 1.13. The molecule has 0 saturated heterocycles. The van der Waals surface area contributed by atoms with Crippen LogP contribution in [0.1, 0.15) is 0 Å². The SMILES string of the molecule is c1ccc(-c2ccc(N(c3cccc(-c4ccccc4)c3)c3cccc4cc5sc6ccccc6c5cc34)cc2)cc1. The zero-order valence-corrected chi connectivity index (χ0v) is 23.8. The number of hydrogen-bond acceptors (Lipinski definition) is 2. The molecule has 1 aromatic heterocycles. The first-order valence-electron chi connectivity index (χ1n) is 14.3. The molecule has 198 valence electrons. The largest absolute Gasteiger partial charge is 0.310 e. The number of anilines is 3. The monoisotopic (exact) mass is 553 g/mol. The van der Waals surface area contributed by atoms with Gasteiger partial charge in [-0.15, -0.1) is 11.3 Å². The van der Waals surface area contributed by atoms with Crippen molar-refractivity contribution in [2.24, 2.45) is 0 Å². The molecule has 0 aliphatic rings. The highest BCUT2D eigenvalue weighted by molar-refractivity contribution is 7.25. The van der Waals surface area contributed by atoms with E-state index in [9.17, 15) is 0 Å². The van der Waals surface area contributed by atoms with E-state index in [1.54, 1.807) is 0 Å². The molecule has 0 amide bonds. The Morgan fingerprint density at radius 1 is 0.357 bits per heavy atom. The molecule has 0 radical (unpaired) electrons. The van der Waals surface area contributed by atoms with E-state index in [-0.39, 0.29) is 0 Å². The second-order valence-corrected chi connectivity index (χ2v) is 11.7. The topological polar surface area (TPSA) is 3.24 Å². The first kappa shape index (κ1) is 24.6. The van der Waals surface area contributed by atoms with Crippen molar-refractivity contribution in [2.75, 3.05) is 4.90 Å². The highest BCUT2D eigenvalue weighted by atomic mass is 32.1. The number of fused-ring (bicyclic) bond motifs is 4. The van der Waals surface area contributed by atoms with Gasteiger partial charge in [-0.25, -0.2) is 0 Å². The number of rotatable bonds is 5. The lowest BCUT2D eigenvalue weighted by atomic mass is 10.0. The highest BCUT2D eigenvalue weighted by Crippen LogP contribution is 2.43. The molecule has 0 spiro atoms. The van der Waals surface area contributed by atoms with Gasteiger partial charge >= 0.3 is 0 Å². The van der Waals surface area contributed by atoms with Crippen molar-refractivity contribution >= 4 is 59.3 Å². The molecule has 0 unspecified atom stereocenters. The van der Waals surface area contributed by atoms with Crippen LogP contribution in [0.4, 0.5) is 17.1 Å². The highest BCUT2D eigenvalue weighted by Gasteiger charge is 2.18. The summed E-state index contributed by atoms with van der Waals surface area (Å²) in [5, 5.41) is 5.12.